The summed E-state index contributed by atoms with van der Waals surface area (Å²) in [6, 6.07) is 8.43. The van der Waals surface area contributed by atoms with Gasteiger partial charge in [-0.25, -0.2) is 4.79 Å². The van der Waals surface area contributed by atoms with E-state index >= 15 is 0 Å². The van der Waals surface area contributed by atoms with Gasteiger partial charge in [0.05, 0.1) is 24.9 Å². The summed E-state index contributed by atoms with van der Waals surface area (Å²) in [6.45, 7) is 0.320. The van der Waals surface area contributed by atoms with Gasteiger partial charge in [-0.1, -0.05) is 6.07 Å². The monoisotopic (exact) mass is 271 g/mol. The highest BCUT2D eigenvalue weighted by Gasteiger charge is 2.10. The fourth-order valence-electron chi connectivity index (χ4n) is 1.53. The van der Waals surface area contributed by atoms with Crippen molar-refractivity contribution in [1.29, 1.82) is 0 Å². The summed E-state index contributed by atoms with van der Waals surface area (Å²) in [5.74, 6) is -0.815. The van der Waals surface area contributed by atoms with Crippen molar-refractivity contribution >= 4 is 11.9 Å². The van der Waals surface area contributed by atoms with Crippen LogP contribution < -0.4 is 5.32 Å². The van der Waals surface area contributed by atoms with Crippen LogP contribution in [0.15, 0.2) is 42.7 Å². The average molecular weight is 271 g/mol. The molecule has 0 radical (unpaired) electrons. The summed E-state index contributed by atoms with van der Waals surface area (Å²) in [4.78, 5) is 31.1. The largest absolute Gasteiger partial charge is 0.465 e. The van der Waals surface area contributed by atoms with Crippen LogP contribution in [-0.4, -0.2) is 29.0 Å². The Morgan fingerprint density at radius 1 is 1.20 bits per heavy atom. The zero-order valence-corrected chi connectivity index (χ0v) is 10.9. The van der Waals surface area contributed by atoms with Crippen LogP contribution in [0.5, 0.6) is 0 Å². The Morgan fingerprint density at radius 2 is 2.05 bits per heavy atom. The minimum Gasteiger partial charge on any atom is -0.465 e. The molecular weight excluding hydrogens is 258 g/mol. The zero-order chi connectivity index (χ0) is 14.4. The fraction of sp³-hybridized carbons (Fsp3) is 0.143. The summed E-state index contributed by atoms with van der Waals surface area (Å²) in [7, 11) is 1.29. The van der Waals surface area contributed by atoms with Gasteiger partial charge in [0, 0.05) is 12.4 Å². The molecule has 0 unspecified atom stereocenters. The molecule has 0 spiro atoms. The second-order valence-electron chi connectivity index (χ2n) is 3.93. The van der Waals surface area contributed by atoms with Crippen molar-refractivity contribution in [2.75, 3.05) is 7.11 Å². The summed E-state index contributed by atoms with van der Waals surface area (Å²) in [5, 5.41) is 2.70. The quantitative estimate of drug-likeness (QED) is 0.845. The van der Waals surface area contributed by atoms with Crippen LogP contribution in [0.4, 0.5) is 0 Å². The first kappa shape index (κ1) is 13.7. The summed E-state index contributed by atoms with van der Waals surface area (Å²) >= 11 is 0. The average Bonchev–Trinajstić information content (AvgIpc) is 2.53. The Labute approximate surface area is 115 Å². The zero-order valence-electron chi connectivity index (χ0n) is 10.9. The number of esters is 1. The third kappa shape index (κ3) is 3.38. The maximum Gasteiger partial charge on any atom is 0.339 e. The molecule has 0 fully saturated rings. The van der Waals surface area contributed by atoms with E-state index in [0.717, 1.165) is 5.69 Å². The molecule has 102 valence electrons. The highest BCUT2D eigenvalue weighted by Crippen LogP contribution is 2.02. The second-order valence-corrected chi connectivity index (χ2v) is 3.93. The lowest BCUT2D eigenvalue weighted by Gasteiger charge is -2.04. The van der Waals surface area contributed by atoms with Crippen LogP contribution in [0.3, 0.4) is 0 Å². The van der Waals surface area contributed by atoms with E-state index in [1.165, 1.54) is 25.4 Å². The van der Waals surface area contributed by atoms with E-state index in [1.807, 2.05) is 12.1 Å². The summed E-state index contributed by atoms with van der Waals surface area (Å²) < 4.78 is 4.55. The molecule has 2 rings (SSSR count). The predicted molar refractivity (Wildman–Crippen MR) is 71.0 cm³/mol. The van der Waals surface area contributed by atoms with Crippen LogP contribution in [0.2, 0.25) is 0 Å². The number of amides is 1. The van der Waals surface area contributed by atoms with Crippen molar-refractivity contribution in [2.45, 2.75) is 6.54 Å². The fourth-order valence-corrected chi connectivity index (χ4v) is 1.53. The van der Waals surface area contributed by atoms with Gasteiger partial charge in [0.25, 0.3) is 5.91 Å². The molecule has 0 saturated carbocycles. The number of carbonyl (C=O) groups is 2. The number of aromatic nitrogens is 2. The maximum absolute atomic E-state index is 11.9. The van der Waals surface area contributed by atoms with Crippen LogP contribution in [-0.2, 0) is 11.3 Å². The molecule has 20 heavy (non-hydrogen) atoms. The number of carbonyl (C=O) groups excluding carboxylic acids is 2. The summed E-state index contributed by atoms with van der Waals surface area (Å²) in [5.41, 5.74) is 1.29. The Balaban J connectivity index is 1.97. The van der Waals surface area contributed by atoms with Crippen LogP contribution in [0.25, 0.3) is 0 Å². The van der Waals surface area contributed by atoms with E-state index in [9.17, 15) is 9.59 Å². The van der Waals surface area contributed by atoms with Crippen molar-refractivity contribution in [3.05, 3.63) is 59.7 Å². The number of nitrogens with one attached hydrogen (secondary N) is 1. The topological polar surface area (TPSA) is 81.2 Å². The van der Waals surface area contributed by atoms with Crippen LogP contribution in [0, 0.1) is 0 Å². The lowest BCUT2D eigenvalue weighted by Crippen LogP contribution is -2.24. The molecule has 1 amide bonds. The molecule has 0 aliphatic carbocycles. The van der Waals surface area contributed by atoms with Gasteiger partial charge in [-0.2, -0.15) is 0 Å². The molecule has 0 aliphatic rings. The smallest absolute Gasteiger partial charge is 0.339 e. The van der Waals surface area contributed by atoms with Gasteiger partial charge < -0.3 is 10.1 Å². The molecule has 0 aromatic carbocycles. The number of methoxy groups -OCH3 is 1. The first-order valence-corrected chi connectivity index (χ1v) is 5.93. The Morgan fingerprint density at radius 3 is 2.65 bits per heavy atom. The van der Waals surface area contributed by atoms with E-state index in [4.69, 9.17) is 0 Å². The standard InChI is InChI=1S/C14H13N3O3/c1-20-14(19)10-5-6-12(16-8-10)13(18)17-9-11-4-2-3-7-15-11/h2-8H,9H2,1H3,(H,17,18). The van der Waals surface area contributed by atoms with Gasteiger partial charge in [0.15, 0.2) is 0 Å². The van der Waals surface area contributed by atoms with Crippen LogP contribution >= 0.6 is 0 Å². The SMILES string of the molecule is COC(=O)c1ccc(C(=O)NCc2ccccn2)nc1. The van der Waals surface area contributed by atoms with Crippen molar-refractivity contribution in [3.8, 4) is 0 Å². The van der Waals surface area contributed by atoms with E-state index in [1.54, 1.807) is 12.3 Å². The minimum absolute atomic E-state index is 0.230. The van der Waals surface area contributed by atoms with Crippen molar-refractivity contribution < 1.29 is 14.3 Å². The molecule has 2 aromatic heterocycles. The second kappa shape index (κ2) is 6.42. The number of ether oxygens (including phenoxy) is 1. The molecule has 1 N–H and O–H groups in total. The molecule has 0 saturated heterocycles. The van der Waals surface area contributed by atoms with Gasteiger partial charge in [0.1, 0.15) is 5.69 Å². The molecule has 0 bridgehead atoms. The first-order chi connectivity index (χ1) is 9.70. The number of hydrogen-bond acceptors (Lipinski definition) is 5. The number of hydrogen-bond donors (Lipinski definition) is 1. The van der Waals surface area contributed by atoms with Gasteiger partial charge >= 0.3 is 5.97 Å². The Kier molecular flexibility index (Phi) is 4.39. The highest BCUT2D eigenvalue weighted by atomic mass is 16.5. The highest BCUT2D eigenvalue weighted by molar-refractivity contribution is 5.94. The first-order valence-electron chi connectivity index (χ1n) is 5.93. The van der Waals surface area contributed by atoms with Crippen molar-refractivity contribution in [2.24, 2.45) is 0 Å². The van der Waals surface area contributed by atoms with Gasteiger partial charge in [-0.15, -0.1) is 0 Å². The molecular formula is C14H13N3O3. The van der Waals surface area contributed by atoms with E-state index in [0.29, 0.717) is 12.1 Å². The number of rotatable bonds is 4. The molecule has 0 aliphatic heterocycles. The maximum atomic E-state index is 11.9. The van der Waals surface area contributed by atoms with Crippen LogP contribution in [0.1, 0.15) is 26.5 Å². The Hall–Kier alpha value is -2.76. The lowest BCUT2D eigenvalue weighted by molar-refractivity contribution is 0.0599. The molecule has 6 heteroatoms. The van der Waals surface area contributed by atoms with Gasteiger partial charge in [0.2, 0.25) is 0 Å². The van der Waals surface area contributed by atoms with Crippen molar-refractivity contribution in [3.63, 3.8) is 0 Å². The Bertz CT molecular complexity index is 597. The lowest BCUT2D eigenvalue weighted by atomic mass is 10.2. The normalized spacial score (nSPS) is 9.85. The molecule has 2 heterocycles. The van der Waals surface area contributed by atoms with E-state index in [2.05, 4.69) is 20.0 Å². The number of nitrogens with zero attached hydrogens (tertiary/aromatic N) is 2. The predicted octanol–water partition coefficient (Wildman–Crippen LogP) is 1.19. The molecule has 0 atom stereocenters. The number of pyridine rings is 2. The molecule has 6 nitrogen and oxygen atoms in total. The van der Waals surface area contributed by atoms with E-state index < -0.39 is 5.97 Å². The van der Waals surface area contributed by atoms with E-state index in [-0.39, 0.29) is 11.6 Å². The third-order valence-corrected chi connectivity index (χ3v) is 2.57. The van der Waals surface area contributed by atoms with Gasteiger partial charge in [-0.3, -0.25) is 14.8 Å². The van der Waals surface area contributed by atoms with Crippen molar-refractivity contribution in [1.82, 2.24) is 15.3 Å². The third-order valence-electron chi connectivity index (χ3n) is 2.57. The summed E-state index contributed by atoms with van der Waals surface area (Å²) in [6.07, 6.45) is 2.96. The van der Waals surface area contributed by atoms with Gasteiger partial charge in [-0.05, 0) is 24.3 Å². The molecule has 2 aromatic rings. The minimum atomic E-state index is -0.488.